The zero-order valence-corrected chi connectivity index (χ0v) is 15.6. The van der Waals surface area contributed by atoms with Crippen LogP contribution in [0.5, 0.6) is 0 Å². The Morgan fingerprint density at radius 2 is 1.69 bits per heavy atom. The van der Waals surface area contributed by atoms with Crippen molar-refractivity contribution in [1.29, 1.82) is 0 Å². The number of benzene rings is 1. The number of ether oxygens (including phenoxy) is 1. The molecule has 8 heteroatoms. The fourth-order valence-electron chi connectivity index (χ4n) is 3.28. The van der Waals surface area contributed by atoms with Crippen molar-refractivity contribution in [1.82, 2.24) is 9.80 Å². The number of non-ortho nitro benzene ring substituents is 1. The van der Waals surface area contributed by atoms with E-state index in [0.717, 1.165) is 31.9 Å². The first kappa shape index (κ1) is 18.4. The molecule has 1 amide bonds. The van der Waals surface area contributed by atoms with Gasteiger partial charge < -0.3 is 14.5 Å². The van der Waals surface area contributed by atoms with E-state index >= 15 is 0 Å². The summed E-state index contributed by atoms with van der Waals surface area (Å²) in [5.74, 6) is 0. The topological polar surface area (TPSA) is 79.2 Å². The fraction of sp³-hybridized carbons (Fsp3) is 0.611. The molecular weight excluding hydrogens is 336 g/mol. The van der Waals surface area contributed by atoms with Gasteiger partial charge in [0.25, 0.3) is 5.69 Å². The lowest BCUT2D eigenvalue weighted by Crippen LogP contribution is -2.63. The van der Waals surface area contributed by atoms with Crippen LogP contribution >= 0.6 is 0 Å². The summed E-state index contributed by atoms with van der Waals surface area (Å²) in [6.45, 7) is 10.5. The van der Waals surface area contributed by atoms with Gasteiger partial charge in [0.05, 0.1) is 4.92 Å². The zero-order chi connectivity index (χ0) is 18.9. The molecule has 3 rings (SSSR count). The largest absolute Gasteiger partial charge is 0.444 e. The number of hydrogen-bond acceptors (Lipinski definition) is 6. The van der Waals surface area contributed by atoms with Gasteiger partial charge in [-0.3, -0.25) is 15.0 Å². The highest BCUT2D eigenvalue weighted by Crippen LogP contribution is 2.26. The van der Waals surface area contributed by atoms with E-state index in [4.69, 9.17) is 4.74 Å². The average Bonchev–Trinajstić information content (AvgIpc) is 2.53. The molecule has 8 nitrogen and oxygen atoms in total. The number of nitrogens with zero attached hydrogens (tertiary/aromatic N) is 4. The van der Waals surface area contributed by atoms with E-state index in [2.05, 4.69) is 9.80 Å². The number of rotatable bonds is 3. The fourth-order valence-corrected chi connectivity index (χ4v) is 3.28. The SMILES string of the molecule is CC(C)(C)OC(=O)N1CCN(C2CN(c3ccc([N+](=O)[O-])cc3)C2)CC1. The summed E-state index contributed by atoms with van der Waals surface area (Å²) in [4.78, 5) is 28.9. The Hall–Kier alpha value is -2.35. The molecule has 0 radical (unpaired) electrons. The van der Waals surface area contributed by atoms with Crippen LogP contribution in [0.25, 0.3) is 0 Å². The lowest BCUT2D eigenvalue weighted by atomic mass is 10.0. The molecule has 0 spiro atoms. The second-order valence-electron chi connectivity index (χ2n) is 7.84. The van der Waals surface area contributed by atoms with Gasteiger partial charge in [0.2, 0.25) is 0 Å². The summed E-state index contributed by atoms with van der Waals surface area (Å²) in [6, 6.07) is 7.15. The van der Waals surface area contributed by atoms with Crippen LogP contribution in [0.3, 0.4) is 0 Å². The molecule has 1 aromatic carbocycles. The number of nitro groups is 1. The number of anilines is 1. The van der Waals surface area contributed by atoms with Crippen LogP contribution in [0, 0.1) is 10.1 Å². The van der Waals surface area contributed by atoms with Crippen LogP contribution in [0.1, 0.15) is 20.8 Å². The summed E-state index contributed by atoms with van der Waals surface area (Å²) >= 11 is 0. The predicted octanol–water partition coefficient (Wildman–Crippen LogP) is 2.34. The summed E-state index contributed by atoms with van der Waals surface area (Å²) in [5.41, 5.74) is 0.663. The Balaban J connectivity index is 1.44. The predicted molar refractivity (Wildman–Crippen MR) is 98.5 cm³/mol. The maximum atomic E-state index is 12.1. The average molecular weight is 362 g/mol. The van der Waals surface area contributed by atoms with E-state index in [1.54, 1.807) is 29.2 Å². The van der Waals surface area contributed by atoms with E-state index in [9.17, 15) is 14.9 Å². The minimum absolute atomic E-state index is 0.115. The number of carbonyl (C=O) groups excluding carboxylic acids is 1. The molecule has 2 aliphatic heterocycles. The Kier molecular flexibility index (Phi) is 5.04. The van der Waals surface area contributed by atoms with Crippen molar-refractivity contribution in [2.24, 2.45) is 0 Å². The smallest absolute Gasteiger partial charge is 0.410 e. The van der Waals surface area contributed by atoms with Crippen molar-refractivity contribution in [3.8, 4) is 0 Å². The monoisotopic (exact) mass is 362 g/mol. The standard InChI is InChI=1S/C18H26N4O4/c1-18(2,3)26-17(23)20-10-8-19(9-11-20)16-12-21(13-16)14-4-6-15(7-5-14)22(24)25/h4-7,16H,8-13H2,1-3H3. The molecule has 0 unspecified atom stereocenters. The molecular formula is C18H26N4O4. The van der Waals surface area contributed by atoms with Gasteiger partial charge in [-0.15, -0.1) is 0 Å². The van der Waals surface area contributed by atoms with Gasteiger partial charge in [0.15, 0.2) is 0 Å². The maximum Gasteiger partial charge on any atom is 0.410 e. The van der Waals surface area contributed by atoms with Crippen molar-refractivity contribution in [2.45, 2.75) is 32.4 Å². The summed E-state index contributed by atoms with van der Waals surface area (Å²) in [7, 11) is 0. The molecule has 0 aromatic heterocycles. The Labute approximate surface area is 153 Å². The number of piperazine rings is 1. The van der Waals surface area contributed by atoms with Crippen molar-refractivity contribution in [2.75, 3.05) is 44.2 Å². The van der Waals surface area contributed by atoms with Gasteiger partial charge >= 0.3 is 6.09 Å². The normalized spacial score (nSPS) is 19.2. The van der Waals surface area contributed by atoms with E-state index < -0.39 is 5.60 Å². The van der Waals surface area contributed by atoms with E-state index in [1.165, 1.54) is 0 Å². The van der Waals surface area contributed by atoms with E-state index in [1.807, 2.05) is 20.8 Å². The van der Waals surface area contributed by atoms with Crippen LogP contribution in [0.4, 0.5) is 16.2 Å². The lowest BCUT2D eigenvalue weighted by molar-refractivity contribution is -0.384. The van der Waals surface area contributed by atoms with Crippen LogP contribution in [-0.4, -0.2) is 71.7 Å². The van der Waals surface area contributed by atoms with Gasteiger partial charge in [-0.25, -0.2) is 4.79 Å². The molecule has 0 aliphatic carbocycles. The molecule has 142 valence electrons. The molecule has 0 atom stereocenters. The third-order valence-electron chi connectivity index (χ3n) is 4.77. The molecule has 0 bridgehead atoms. The minimum Gasteiger partial charge on any atom is -0.444 e. The van der Waals surface area contributed by atoms with Crippen LogP contribution in [0.2, 0.25) is 0 Å². The molecule has 26 heavy (non-hydrogen) atoms. The number of hydrogen-bond donors (Lipinski definition) is 0. The second kappa shape index (κ2) is 7.11. The molecule has 2 saturated heterocycles. The molecule has 2 heterocycles. The highest BCUT2D eigenvalue weighted by atomic mass is 16.6. The maximum absolute atomic E-state index is 12.1. The highest BCUT2D eigenvalue weighted by Gasteiger charge is 2.35. The third-order valence-corrected chi connectivity index (χ3v) is 4.77. The van der Waals surface area contributed by atoms with Crippen LogP contribution in [-0.2, 0) is 4.74 Å². The van der Waals surface area contributed by atoms with Crippen LogP contribution < -0.4 is 4.90 Å². The Morgan fingerprint density at radius 1 is 1.12 bits per heavy atom. The van der Waals surface area contributed by atoms with E-state index in [0.29, 0.717) is 19.1 Å². The first-order chi connectivity index (χ1) is 12.2. The number of amides is 1. The van der Waals surface area contributed by atoms with Crippen molar-refractivity contribution in [3.63, 3.8) is 0 Å². The minimum atomic E-state index is -0.465. The van der Waals surface area contributed by atoms with Gasteiger partial charge in [-0.1, -0.05) is 0 Å². The molecule has 0 saturated carbocycles. The number of carbonyl (C=O) groups is 1. The highest BCUT2D eigenvalue weighted by molar-refractivity contribution is 5.68. The third kappa shape index (κ3) is 4.24. The van der Waals surface area contributed by atoms with Gasteiger partial charge in [-0.05, 0) is 32.9 Å². The summed E-state index contributed by atoms with van der Waals surface area (Å²) in [5, 5.41) is 10.7. The van der Waals surface area contributed by atoms with Gasteiger partial charge in [-0.2, -0.15) is 0 Å². The molecule has 1 aromatic rings. The first-order valence-corrected chi connectivity index (χ1v) is 8.94. The van der Waals surface area contributed by atoms with E-state index in [-0.39, 0.29) is 16.7 Å². The van der Waals surface area contributed by atoms with Crippen molar-refractivity contribution in [3.05, 3.63) is 34.4 Å². The molecule has 2 fully saturated rings. The van der Waals surface area contributed by atoms with Crippen molar-refractivity contribution >= 4 is 17.5 Å². The Morgan fingerprint density at radius 3 is 2.19 bits per heavy atom. The first-order valence-electron chi connectivity index (χ1n) is 8.94. The quantitative estimate of drug-likeness (QED) is 0.607. The molecule has 2 aliphatic rings. The van der Waals surface area contributed by atoms with Gasteiger partial charge in [0.1, 0.15) is 5.60 Å². The van der Waals surface area contributed by atoms with Crippen LogP contribution in [0.15, 0.2) is 24.3 Å². The molecule has 0 N–H and O–H groups in total. The summed E-state index contributed by atoms with van der Waals surface area (Å²) in [6.07, 6.45) is -0.238. The zero-order valence-electron chi connectivity index (χ0n) is 15.6. The van der Waals surface area contributed by atoms with Crippen molar-refractivity contribution < 1.29 is 14.5 Å². The van der Waals surface area contributed by atoms with Gasteiger partial charge in [0, 0.05) is 63.1 Å². The lowest BCUT2D eigenvalue weighted by Gasteiger charge is -2.49. The number of nitro benzene ring substituents is 1. The summed E-state index contributed by atoms with van der Waals surface area (Å²) < 4.78 is 5.43. The Bertz CT molecular complexity index is 657. The second-order valence-corrected chi connectivity index (χ2v) is 7.84.